The Bertz CT molecular complexity index is 369. The highest BCUT2D eigenvalue weighted by Gasteiger charge is 2.05. The summed E-state index contributed by atoms with van der Waals surface area (Å²) < 4.78 is 0. The van der Waals surface area contributed by atoms with Gasteiger partial charge in [0.1, 0.15) is 0 Å². The van der Waals surface area contributed by atoms with Crippen LogP contribution in [-0.4, -0.2) is 30.2 Å². The van der Waals surface area contributed by atoms with Crippen molar-refractivity contribution in [1.29, 1.82) is 0 Å². The number of nitrogens with one attached hydrogen (secondary N) is 2. The fourth-order valence-corrected chi connectivity index (χ4v) is 1.59. The van der Waals surface area contributed by atoms with Crippen molar-refractivity contribution < 1.29 is 9.90 Å². The lowest BCUT2D eigenvalue weighted by Gasteiger charge is -2.13. The number of aryl methyl sites for hydroxylation is 2. The number of hydrogen-bond acceptors (Lipinski definition) is 3. The first kappa shape index (κ1) is 13.5. The van der Waals surface area contributed by atoms with E-state index in [9.17, 15) is 4.79 Å². The molecule has 1 aromatic rings. The molecule has 0 aliphatic rings. The molecule has 0 saturated heterocycles. The van der Waals surface area contributed by atoms with Gasteiger partial charge in [-0.2, -0.15) is 0 Å². The van der Waals surface area contributed by atoms with Crippen LogP contribution in [-0.2, 0) is 4.79 Å². The van der Waals surface area contributed by atoms with Gasteiger partial charge in [-0.15, -0.1) is 0 Å². The smallest absolute Gasteiger partial charge is 0.239 e. The average molecular weight is 236 g/mol. The predicted octanol–water partition coefficient (Wildman–Crippen LogP) is 1.21. The first-order chi connectivity index (χ1) is 8.00. The Balaban J connectivity index is 2.47. The Morgan fingerprint density at radius 2 is 1.94 bits per heavy atom. The molecular formula is C13H20N2O2. The van der Waals surface area contributed by atoms with Gasteiger partial charge < -0.3 is 15.7 Å². The number of para-hydroxylation sites is 1. The SMILES string of the molecule is Cc1cccc(C)c1NCC(=O)NCC(C)O. The van der Waals surface area contributed by atoms with Crippen molar-refractivity contribution >= 4 is 11.6 Å². The number of hydrogen-bond donors (Lipinski definition) is 3. The quantitative estimate of drug-likeness (QED) is 0.720. The molecule has 0 heterocycles. The van der Waals surface area contributed by atoms with E-state index in [1.54, 1.807) is 6.92 Å². The molecule has 0 spiro atoms. The van der Waals surface area contributed by atoms with Crippen LogP contribution in [0.5, 0.6) is 0 Å². The minimum atomic E-state index is -0.515. The monoisotopic (exact) mass is 236 g/mol. The van der Waals surface area contributed by atoms with Crippen molar-refractivity contribution in [3.8, 4) is 0 Å². The van der Waals surface area contributed by atoms with E-state index in [-0.39, 0.29) is 19.0 Å². The van der Waals surface area contributed by atoms with Crippen LogP contribution in [0.25, 0.3) is 0 Å². The molecule has 0 radical (unpaired) electrons. The van der Waals surface area contributed by atoms with Gasteiger partial charge in [0.05, 0.1) is 12.6 Å². The standard InChI is InChI=1S/C13H20N2O2/c1-9-5-4-6-10(2)13(9)15-8-12(17)14-7-11(3)16/h4-6,11,15-16H,7-8H2,1-3H3,(H,14,17). The van der Waals surface area contributed by atoms with Gasteiger partial charge in [-0.25, -0.2) is 0 Å². The number of aliphatic hydroxyl groups excluding tert-OH is 1. The zero-order valence-electron chi connectivity index (χ0n) is 10.6. The van der Waals surface area contributed by atoms with Crippen LogP contribution >= 0.6 is 0 Å². The summed E-state index contributed by atoms with van der Waals surface area (Å²) in [6.07, 6.45) is -0.515. The molecule has 0 saturated carbocycles. The van der Waals surface area contributed by atoms with Gasteiger partial charge in [0, 0.05) is 12.2 Å². The van der Waals surface area contributed by atoms with Gasteiger partial charge in [-0.3, -0.25) is 4.79 Å². The molecule has 1 amide bonds. The molecule has 1 rings (SSSR count). The number of amides is 1. The second-order valence-corrected chi connectivity index (χ2v) is 4.27. The lowest BCUT2D eigenvalue weighted by molar-refractivity contribution is -0.119. The number of carbonyl (C=O) groups is 1. The predicted molar refractivity (Wildman–Crippen MR) is 69.1 cm³/mol. The van der Waals surface area contributed by atoms with Gasteiger partial charge in [-0.1, -0.05) is 18.2 Å². The van der Waals surface area contributed by atoms with Crippen molar-refractivity contribution in [2.45, 2.75) is 26.9 Å². The molecule has 3 N–H and O–H groups in total. The molecule has 4 nitrogen and oxygen atoms in total. The zero-order chi connectivity index (χ0) is 12.8. The molecule has 94 valence electrons. The molecule has 0 aliphatic heterocycles. The van der Waals surface area contributed by atoms with Crippen LogP contribution < -0.4 is 10.6 Å². The lowest BCUT2D eigenvalue weighted by Crippen LogP contribution is -2.34. The first-order valence-corrected chi connectivity index (χ1v) is 5.75. The molecule has 0 fully saturated rings. The molecule has 17 heavy (non-hydrogen) atoms. The summed E-state index contributed by atoms with van der Waals surface area (Å²) in [6, 6.07) is 6.00. The van der Waals surface area contributed by atoms with Crippen molar-refractivity contribution in [3.05, 3.63) is 29.3 Å². The molecule has 4 heteroatoms. The highest BCUT2D eigenvalue weighted by Crippen LogP contribution is 2.18. The van der Waals surface area contributed by atoms with E-state index in [4.69, 9.17) is 5.11 Å². The summed E-state index contributed by atoms with van der Waals surface area (Å²) in [5.74, 6) is -0.117. The van der Waals surface area contributed by atoms with Crippen molar-refractivity contribution in [1.82, 2.24) is 5.32 Å². The highest BCUT2D eigenvalue weighted by atomic mass is 16.3. The highest BCUT2D eigenvalue weighted by molar-refractivity contribution is 5.81. The normalized spacial score (nSPS) is 12.0. The van der Waals surface area contributed by atoms with Gasteiger partial charge >= 0.3 is 0 Å². The van der Waals surface area contributed by atoms with Gasteiger partial charge in [0.15, 0.2) is 0 Å². The second kappa shape index (κ2) is 6.25. The van der Waals surface area contributed by atoms with Crippen LogP contribution in [0, 0.1) is 13.8 Å². The van der Waals surface area contributed by atoms with E-state index >= 15 is 0 Å². The number of anilines is 1. The van der Waals surface area contributed by atoms with Gasteiger partial charge in [0.25, 0.3) is 0 Å². The fourth-order valence-electron chi connectivity index (χ4n) is 1.59. The number of rotatable bonds is 5. The van der Waals surface area contributed by atoms with Crippen molar-refractivity contribution in [2.24, 2.45) is 0 Å². The number of aliphatic hydroxyl groups is 1. The number of benzene rings is 1. The summed E-state index contributed by atoms with van der Waals surface area (Å²) in [4.78, 5) is 11.5. The molecule has 0 bridgehead atoms. The third-order valence-corrected chi connectivity index (χ3v) is 2.50. The van der Waals surface area contributed by atoms with E-state index in [1.165, 1.54) is 0 Å². The molecule has 1 atom stereocenters. The summed E-state index contributed by atoms with van der Waals surface area (Å²) in [7, 11) is 0. The number of carbonyl (C=O) groups excluding carboxylic acids is 1. The third-order valence-electron chi connectivity index (χ3n) is 2.50. The average Bonchev–Trinajstić information content (AvgIpc) is 2.25. The zero-order valence-corrected chi connectivity index (χ0v) is 10.6. The van der Waals surface area contributed by atoms with E-state index in [0.29, 0.717) is 0 Å². The minimum Gasteiger partial charge on any atom is -0.392 e. The Kier molecular flexibility index (Phi) is 4.97. The molecule has 0 aliphatic carbocycles. The van der Waals surface area contributed by atoms with Gasteiger partial charge in [0.2, 0.25) is 5.91 Å². The summed E-state index contributed by atoms with van der Waals surface area (Å²) in [6.45, 7) is 6.15. The van der Waals surface area contributed by atoms with E-state index < -0.39 is 6.10 Å². The largest absolute Gasteiger partial charge is 0.392 e. The van der Waals surface area contributed by atoms with E-state index in [0.717, 1.165) is 16.8 Å². The topological polar surface area (TPSA) is 61.4 Å². The molecular weight excluding hydrogens is 216 g/mol. The molecule has 1 unspecified atom stereocenters. The second-order valence-electron chi connectivity index (χ2n) is 4.27. The Morgan fingerprint density at radius 3 is 2.47 bits per heavy atom. The van der Waals surface area contributed by atoms with Crippen LogP contribution in [0.4, 0.5) is 5.69 Å². The summed E-state index contributed by atoms with van der Waals surface area (Å²) in [5, 5.41) is 14.8. The summed E-state index contributed by atoms with van der Waals surface area (Å²) >= 11 is 0. The van der Waals surface area contributed by atoms with Crippen LogP contribution in [0.3, 0.4) is 0 Å². The maximum atomic E-state index is 11.5. The maximum absolute atomic E-state index is 11.5. The Hall–Kier alpha value is -1.55. The van der Waals surface area contributed by atoms with Gasteiger partial charge in [-0.05, 0) is 31.9 Å². The maximum Gasteiger partial charge on any atom is 0.239 e. The van der Waals surface area contributed by atoms with Crippen LogP contribution in [0.2, 0.25) is 0 Å². The van der Waals surface area contributed by atoms with Crippen LogP contribution in [0.1, 0.15) is 18.1 Å². The van der Waals surface area contributed by atoms with E-state index in [2.05, 4.69) is 10.6 Å². The minimum absolute atomic E-state index is 0.117. The Labute approximate surface area is 102 Å². The van der Waals surface area contributed by atoms with E-state index in [1.807, 2.05) is 32.0 Å². The van der Waals surface area contributed by atoms with Crippen molar-refractivity contribution in [2.75, 3.05) is 18.4 Å². The first-order valence-electron chi connectivity index (χ1n) is 5.75. The molecule has 0 aromatic heterocycles. The fraction of sp³-hybridized carbons (Fsp3) is 0.462. The Morgan fingerprint density at radius 1 is 1.35 bits per heavy atom. The lowest BCUT2D eigenvalue weighted by atomic mass is 10.1. The third kappa shape index (κ3) is 4.44. The van der Waals surface area contributed by atoms with Crippen molar-refractivity contribution in [3.63, 3.8) is 0 Å². The summed E-state index contributed by atoms with van der Waals surface area (Å²) in [5.41, 5.74) is 3.24. The van der Waals surface area contributed by atoms with Crippen LogP contribution in [0.15, 0.2) is 18.2 Å². The molecule has 1 aromatic carbocycles.